The van der Waals surface area contributed by atoms with Gasteiger partial charge in [0.25, 0.3) is 5.91 Å². The van der Waals surface area contributed by atoms with Crippen molar-refractivity contribution >= 4 is 11.9 Å². The summed E-state index contributed by atoms with van der Waals surface area (Å²) in [6.45, 7) is 3.21. The summed E-state index contributed by atoms with van der Waals surface area (Å²) in [7, 11) is 1.58. The Balaban J connectivity index is 2.23. The van der Waals surface area contributed by atoms with E-state index in [4.69, 9.17) is 9.84 Å². The molecular weight excluding hydrogens is 286 g/mol. The number of ether oxygens (including phenoxy) is 1. The van der Waals surface area contributed by atoms with E-state index in [9.17, 15) is 9.59 Å². The molecule has 22 heavy (non-hydrogen) atoms. The Kier molecular flexibility index (Phi) is 4.45. The molecule has 1 heterocycles. The minimum atomic E-state index is -1.10. The zero-order valence-corrected chi connectivity index (χ0v) is 12.5. The van der Waals surface area contributed by atoms with Crippen LogP contribution in [0.4, 0.5) is 0 Å². The number of rotatable bonds is 5. The third-order valence-electron chi connectivity index (χ3n) is 3.16. The molecule has 0 saturated heterocycles. The maximum atomic E-state index is 12.0. The molecule has 1 amide bonds. The number of aryl methyl sites for hydroxylation is 1. The van der Waals surface area contributed by atoms with Gasteiger partial charge in [-0.15, -0.1) is 0 Å². The topological polar surface area (TPSA) is 93.5 Å². The molecule has 116 valence electrons. The number of methoxy groups -OCH3 is 1. The summed E-state index contributed by atoms with van der Waals surface area (Å²) in [5, 5.41) is 15.4. The highest BCUT2D eigenvalue weighted by atomic mass is 16.5. The van der Waals surface area contributed by atoms with Crippen molar-refractivity contribution in [2.75, 3.05) is 7.11 Å². The third kappa shape index (κ3) is 3.25. The standard InChI is InChI=1S/C15H17N3O4/c1-9-8-13(14(19)16-10(2)15(20)21)17-18(9)11-4-6-12(22-3)7-5-11/h4-8,10H,1-3H3,(H,16,19)(H,20,21)/t10-/m1/s1. The van der Waals surface area contributed by atoms with Crippen LogP contribution in [0, 0.1) is 6.92 Å². The van der Waals surface area contributed by atoms with Crippen LogP contribution in [0.1, 0.15) is 23.1 Å². The smallest absolute Gasteiger partial charge is 0.325 e. The molecule has 1 aromatic carbocycles. The molecule has 2 aromatic rings. The van der Waals surface area contributed by atoms with E-state index in [-0.39, 0.29) is 5.69 Å². The molecule has 0 radical (unpaired) electrons. The minimum absolute atomic E-state index is 0.168. The molecule has 0 aliphatic heterocycles. The highest BCUT2D eigenvalue weighted by molar-refractivity contribution is 5.95. The van der Waals surface area contributed by atoms with Crippen molar-refractivity contribution in [1.29, 1.82) is 0 Å². The summed E-state index contributed by atoms with van der Waals surface area (Å²) >= 11 is 0. The molecule has 2 rings (SSSR count). The van der Waals surface area contributed by atoms with E-state index in [0.717, 1.165) is 17.1 Å². The van der Waals surface area contributed by atoms with Crippen molar-refractivity contribution in [3.63, 3.8) is 0 Å². The van der Waals surface area contributed by atoms with Crippen LogP contribution >= 0.6 is 0 Å². The van der Waals surface area contributed by atoms with Crippen molar-refractivity contribution in [3.05, 3.63) is 41.7 Å². The molecular formula is C15H17N3O4. The summed E-state index contributed by atoms with van der Waals surface area (Å²) in [5.74, 6) is -0.897. The molecule has 0 fully saturated rings. The van der Waals surface area contributed by atoms with Gasteiger partial charge in [0.15, 0.2) is 5.69 Å². The summed E-state index contributed by atoms with van der Waals surface area (Å²) in [4.78, 5) is 22.8. The quantitative estimate of drug-likeness (QED) is 0.870. The number of carboxylic acids is 1. The van der Waals surface area contributed by atoms with E-state index in [1.165, 1.54) is 6.92 Å². The molecule has 0 aliphatic rings. The van der Waals surface area contributed by atoms with Crippen LogP contribution in [-0.2, 0) is 4.79 Å². The number of nitrogens with one attached hydrogen (secondary N) is 1. The number of nitrogens with zero attached hydrogens (tertiary/aromatic N) is 2. The number of hydrogen-bond acceptors (Lipinski definition) is 4. The van der Waals surface area contributed by atoms with E-state index in [1.807, 2.05) is 19.1 Å². The minimum Gasteiger partial charge on any atom is -0.497 e. The second-order valence-corrected chi connectivity index (χ2v) is 4.81. The molecule has 2 N–H and O–H groups in total. The lowest BCUT2D eigenvalue weighted by Gasteiger charge is -2.07. The first kappa shape index (κ1) is 15.6. The van der Waals surface area contributed by atoms with Gasteiger partial charge in [0.2, 0.25) is 0 Å². The summed E-state index contributed by atoms with van der Waals surface area (Å²) in [6, 6.07) is 7.86. The molecule has 1 aromatic heterocycles. The van der Waals surface area contributed by atoms with Crippen molar-refractivity contribution in [2.45, 2.75) is 19.9 Å². The lowest BCUT2D eigenvalue weighted by Crippen LogP contribution is -2.38. The van der Waals surface area contributed by atoms with Gasteiger partial charge in [0, 0.05) is 5.69 Å². The van der Waals surface area contributed by atoms with Gasteiger partial charge >= 0.3 is 5.97 Å². The fourth-order valence-electron chi connectivity index (χ4n) is 1.90. The molecule has 7 heteroatoms. The number of carboxylic acid groups (broad SMARTS) is 1. The maximum Gasteiger partial charge on any atom is 0.325 e. The van der Waals surface area contributed by atoms with E-state index < -0.39 is 17.9 Å². The van der Waals surface area contributed by atoms with Crippen molar-refractivity contribution in [2.24, 2.45) is 0 Å². The van der Waals surface area contributed by atoms with Gasteiger partial charge in [-0.1, -0.05) is 0 Å². The number of aliphatic carboxylic acids is 1. The zero-order valence-electron chi connectivity index (χ0n) is 12.5. The Morgan fingerprint density at radius 3 is 2.50 bits per heavy atom. The normalized spacial score (nSPS) is 11.8. The maximum absolute atomic E-state index is 12.0. The molecule has 0 saturated carbocycles. The predicted molar refractivity (Wildman–Crippen MR) is 79.4 cm³/mol. The third-order valence-corrected chi connectivity index (χ3v) is 3.16. The fourth-order valence-corrected chi connectivity index (χ4v) is 1.90. The summed E-state index contributed by atoms with van der Waals surface area (Å²) < 4.78 is 6.71. The number of hydrogen-bond donors (Lipinski definition) is 2. The van der Waals surface area contributed by atoms with Gasteiger partial charge in [-0.25, -0.2) is 4.68 Å². The average molecular weight is 303 g/mol. The van der Waals surface area contributed by atoms with Crippen LogP contribution in [0.5, 0.6) is 5.75 Å². The Hall–Kier alpha value is -2.83. The zero-order chi connectivity index (χ0) is 16.3. The van der Waals surface area contributed by atoms with E-state index in [2.05, 4.69) is 10.4 Å². The molecule has 1 atom stereocenters. The highest BCUT2D eigenvalue weighted by Gasteiger charge is 2.18. The van der Waals surface area contributed by atoms with Gasteiger partial charge in [-0.05, 0) is 44.2 Å². The lowest BCUT2D eigenvalue weighted by atomic mass is 10.3. The molecule has 0 unspecified atom stereocenters. The SMILES string of the molecule is COc1ccc(-n2nc(C(=O)N[C@H](C)C(=O)O)cc2C)cc1. The number of amides is 1. The van der Waals surface area contributed by atoms with Gasteiger partial charge in [-0.3, -0.25) is 9.59 Å². The number of carbonyl (C=O) groups excluding carboxylic acids is 1. The van der Waals surface area contributed by atoms with Crippen LogP contribution in [0.2, 0.25) is 0 Å². The van der Waals surface area contributed by atoms with E-state index in [0.29, 0.717) is 0 Å². The summed E-state index contributed by atoms with van der Waals surface area (Å²) in [5.41, 5.74) is 1.71. The second-order valence-electron chi connectivity index (χ2n) is 4.81. The Bertz CT molecular complexity index is 691. The first-order valence-electron chi connectivity index (χ1n) is 6.67. The van der Waals surface area contributed by atoms with Crippen LogP contribution < -0.4 is 10.1 Å². The predicted octanol–water partition coefficient (Wildman–Crippen LogP) is 1.39. The first-order chi connectivity index (χ1) is 10.4. The Morgan fingerprint density at radius 2 is 1.95 bits per heavy atom. The molecule has 0 bridgehead atoms. The Morgan fingerprint density at radius 1 is 1.32 bits per heavy atom. The van der Waals surface area contributed by atoms with Crippen molar-refractivity contribution in [3.8, 4) is 11.4 Å². The van der Waals surface area contributed by atoms with Gasteiger partial charge in [-0.2, -0.15) is 5.10 Å². The van der Waals surface area contributed by atoms with Crippen LogP contribution in [0.25, 0.3) is 5.69 Å². The van der Waals surface area contributed by atoms with Crippen LogP contribution in [-0.4, -0.2) is 39.9 Å². The number of aromatic nitrogens is 2. The van der Waals surface area contributed by atoms with Crippen molar-refractivity contribution in [1.82, 2.24) is 15.1 Å². The monoisotopic (exact) mass is 303 g/mol. The average Bonchev–Trinajstić information content (AvgIpc) is 2.89. The van der Waals surface area contributed by atoms with Crippen LogP contribution in [0.3, 0.4) is 0 Å². The van der Waals surface area contributed by atoms with E-state index in [1.54, 1.807) is 30.0 Å². The van der Waals surface area contributed by atoms with Crippen LogP contribution in [0.15, 0.2) is 30.3 Å². The summed E-state index contributed by atoms with van der Waals surface area (Å²) in [6.07, 6.45) is 0. The molecule has 7 nitrogen and oxygen atoms in total. The largest absolute Gasteiger partial charge is 0.497 e. The van der Waals surface area contributed by atoms with Gasteiger partial charge in [0.05, 0.1) is 12.8 Å². The second kappa shape index (κ2) is 6.30. The highest BCUT2D eigenvalue weighted by Crippen LogP contribution is 2.16. The first-order valence-corrected chi connectivity index (χ1v) is 6.67. The molecule has 0 aliphatic carbocycles. The number of carbonyl (C=O) groups is 2. The molecule has 0 spiro atoms. The van der Waals surface area contributed by atoms with Gasteiger partial charge < -0.3 is 15.2 Å². The lowest BCUT2D eigenvalue weighted by molar-refractivity contribution is -0.138. The van der Waals surface area contributed by atoms with Crippen molar-refractivity contribution < 1.29 is 19.4 Å². The van der Waals surface area contributed by atoms with E-state index >= 15 is 0 Å². The Labute approximate surface area is 127 Å². The fraction of sp³-hybridized carbons (Fsp3) is 0.267. The number of benzene rings is 1. The van der Waals surface area contributed by atoms with Gasteiger partial charge in [0.1, 0.15) is 11.8 Å².